The van der Waals surface area contributed by atoms with Gasteiger partial charge < -0.3 is 190 Å². The number of hydrogen-bond donors (Lipinski definition) is 24. The van der Waals surface area contributed by atoms with Gasteiger partial charge in [-0.1, -0.05) is 231 Å². The summed E-state index contributed by atoms with van der Waals surface area (Å²) in [4.78, 5) is 53.0. The highest BCUT2D eigenvalue weighted by atomic mass is 16.8. The van der Waals surface area contributed by atoms with Gasteiger partial charge in [0.2, 0.25) is 23.6 Å². The Morgan fingerprint density at radius 1 is 0.291 bits per heavy atom. The molecule has 782 valence electrons. The number of hydrogen-bond acceptors (Lipinski definition) is 38. The van der Waals surface area contributed by atoms with Crippen LogP contribution >= 0.6 is 0 Å². The molecular weight excluding hydrogens is 1770 g/mol. The Labute approximate surface area is 787 Å². The molecule has 0 saturated carbocycles. The van der Waals surface area contributed by atoms with Crippen LogP contribution in [0.25, 0.3) is 0 Å². The van der Waals surface area contributed by atoms with Crippen LogP contribution < -0.4 is 21.3 Å². The molecule has 7 rings (SSSR count). The van der Waals surface area contributed by atoms with Gasteiger partial charge in [0.05, 0.1) is 65.0 Å². The average Bonchev–Trinajstić information content (AvgIpc) is 0.751. The van der Waals surface area contributed by atoms with Crippen molar-refractivity contribution in [1.82, 2.24) is 21.3 Å². The lowest BCUT2D eigenvalue weighted by molar-refractivity contribution is -0.400. The fourth-order valence-electron chi connectivity index (χ4n) is 18.4. The third kappa shape index (κ3) is 36.3. The Morgan fingerprint density at radius 2 is 0.575 bits per heavy atom. The van der Waals surface area contributed by atoms with E-state index in [0.717, 1.165) is 72.1 Å². The summed E-state index contributed by atoms with van der Waals surface area (Å²) in [6.45, 7) is -0.614. The van der Waals surface area contributed by atoms with Crippen molar-refractivity contribution in [2.75, 3.05) is 52.9 Å². The second-order valence-electron chi connectivity index (χ2n) is 37.0. The molecule has 0 aromatic rings. The van der Waals surface area contributed by atoms with Crippen molar-refractivity contribution in [2.45, 2.75) is 493 Å². The van der Waals surface area contributed by atoms with Gasteiger partial charge in [0, 0.05) is 27.2 Å². The molecule has 42 nitrogen and oxygen atoms in total. The summed E-state index contributed by atoms with van der Waals surface area (Å²) in [5, 5.41) is 236. The summed E-state index contributed by atoms with van der Waals surface area (Å²) >= 11 is 0. The number of nitrogens with one attached hydrogen (secondary N) is 4. The Morgan fingerprint density at radius 3 is 0.970 bits per heavy atom. The molecule has 7 heterocycles. The molecule has 7 aliphatic rings. The normalized spacial score (nSPS) is 36.5. The third-order valence-electron chi connectivity index (χ3n) is 26.2. The minimum atomic E-state index is -2.51. The van der Waals surface area contributed by atoms with Crippen LogP contribution in [0.3, 0.4) is 0 Å². The van der Waals surface area contributed by atoms with E-state index in [-0.39, 0.29) is 12.3 Å². The van der Waals surface area contributed by atoms with Crippen LogP contribution in [-0.2, 0) is 85.5 Å². The van der Waals surface area contributed by atoms with Gasteiger partial charge in [-0.2, -0.15) is 0 Å². The first-order chi connectivity index (χ1) is 64.4. The summed E-state index contributed by atoms with van der Waals surface area (Å²) in [5.41, 5.74) is 0. The van der Waals surface area contributed by atoms with Crippen LogP contribution in [0.2, 0.25) is 0 Å². The Kier molecular flexibility index (Phi) is 55.4. The van der Waals surface area contributed by atoms with Crippen molar-refractivity contribution in [3.8, 4) is 0 Å². The number of aliphatic hydroxyl groups is 20. The number of amides is 4. The second kappa shape index (κ2) is 63.3. The van der Waals surface area contributed by atoms with Crippen LogP contribution in [0.1, 0.15) is 266 Å². The third-order valence-corrected chi connectivity index (χ3v) is 26.2. The SMILES string of the molecule is CCCCCCCCCCCCC/C=C/[C@@H](O)[C@H](CO[C@@H]1OC(CO)[C@@H](O[C@@H]2OC(CO)[C@H](O[C@@H]3OC(CO)[C@H](O[C@@H]4OC(CO)[C@H](O)[C@H](O[C@@H]5OC(CO)[C@H](O)[C@H](O)C5O)C4NC(C)=O)[C@H](O[C@@H]4OC(CO)[C@H](O)[C@H](O[C@H]5OC(CO)[C@H](O)[C@H](O)C5NC(C)=O)C4NC(C)=O)C3O)[C@H](O)C2O)[C@H](O)C1O)NC(=O)CCCCCCCCCCCCCCCCCCCCCCCCC. The summed E-state index contributed by atoms with van der Waals surface area (Å²) in [5.74, 6) is -3.06. The zero-order chi connectivity index (χ0) is 97.9. The van der Waals surface area contributed by atoms with E-state index < -0.39 is 297 Å². The van der Waals surface area contributed by atoms with E-state index in [1.165, 1.54) is 161 Å². The molecule has 0 spiro atoms. The van der Waals surface area contributed by atoms with Crippen molar-refractivity contribution in [3.63, 3.8) is 0 Å². The summed E-state index contributed by atoms with van der Waals surface area (Å²) in [7, 11) is 0. The number of rotatable bonds is 64. The smallest absolute Gasteiger partial charge is 0.220 e. The highest BCUT2D eigenvalue weighted by Crippen LogP contribution is 2.40. The molecule has 0 aromatic heterocycles. The average molecular weight is 1940 g/mol. The minimum absolute atomic E-state index is 0.150. The van der Waals surface area contributed by atoms with E-state index in [1.54, 1.807) is 6.08 Å². The van der Waals surface area contributed by atoms with Crippen LogP contribution in [0, 0.1) is 0 Å². The van der Waals surface area contributed by atoms with Gasteiger partial charge in [-0.25, -0.2) is 0 Å². The van der Waals surface area contributed by atoms with Gasteiger partial charge in [-0.05, 0) is 19.3 Å². The first kappa shape index (κ1) is 117. The number of carbonyl (C=O) groups excluding carboxylic acids is 4. The van der Waals surface area contributed by atoms with Crippen molar-refractivity contribution >= 4 is 23.6 Å². The standard InChI is InChI=1S/C92H166N4O38/c1-6-8-10-12-14-16-18-20-21-22-23-24-25-26-27-28-29-31-33-35-37-39-41-43-64(108)96-55(56(107)42-40-38-36-34-32-30-19-17-15-13-11-9-7-2)51-121-89-77(118)74(115)80(61(48-101)126-89)129-91-78(119)75(116)81(62(49-102)127-91)130-92-79(120)85(134-88-66(94-53(4)105)83(70(111)59(46-99)124-88)132-86-65(93-52(3)104)72(113)68(109)57(44-97)122-86)82(63(50-103)128-92)131-87-67(95-54(5)106)84(71(112)60(47-100)123-87)133-90-76(117)73(114)69(110)58(45-98)125-90/h40,42,55-63,65-92,97-103,107,109-120H,6-39,41,43-51H2,1-5H3,(H,93,104)(H,94,105)(H,95,106)(H,96,108)/b42-40+/t55-,56+,57?,58?,59?,60?,61?,62?,63?,65?,66?,67?,68-,69-,70-,71-,72+,73-,74+,75+,76?,77?,78?,79?,80+,81-,82-,83+,84+,85+,86+,87-,88-,89+,90-,91-,92-/m0/s1. The maximum absolute atomic E-state index is 13.7. The lowest BCUT2D eigenvalue weighted by Crippen LogP contribution is -2.72. The molecular formula is C92H166N4O38. The number of unbranched alkanes of at least 4 members (excludes halogenated alkanes) is 33. The first-order valence-electron chi connectivity index (χ1n) is 49.5. The van der Waals surface area contributed by atoms with Crippen LogP contribution in [0.15, 0.2) is 12.2 Å². The maximum atomic E-state index is 13.7. The fraction of sp³-hybridized carbons (Fsp3) is 0.935. The number of allylic oxidation sites excluding steroid dienone is 1. The van der Waals surface area contributed by atoms with E-state index in [0.29, 0.717) is 12.8 Å². The lowest BCUT2D eigenvalue weighted by atomic mass is 9.93. The topological polar surface area (TPSA) is 650 Å². The molecule has 37 atom stereocenters. The van der Waals surface area contributed by atoms with Crippen molar-refractivity contribution < 1.29 is 188 Å². The second-order valence-corrected chi connectivity index (χ2v) is 37.0. The zero-order valence-electron chi connectivity index (χ0n) is 78.9. The molecule has 7 saturated heterocycles. The molecule has 14 unspecified atom stereocenters. The molecule has 0 aromatic carbocycles. The van der Waals surface area contributed by atoms with Gasteiger partial charge >= 0.3 is 0 Å². The summed E-state index contributed by atoms with van der Waals surface area (Å²) in [6, 6.07) is -6.69. The van der Waals surface area contributed by atoms with Gasteiger partial charge in [0.15, 0.2) is 44.0 Å². The molecule has 24 N–H and O–H groups in total. The van der Waals surface area contributed by atoms with Crippen molar-refractivity contribution in [3.05, 3.63) is 12.2 Å². The number of carbonyl (C=O) groups is 4. The van der Waals surface area contributed by atoms with E-state index in [2.05, 4.69) is 35.1 Å². The van der Waals surface area contributed by atoms with E-state index in [4.69, 9.17) is 66.3 Å². The van der Waals surface area contributed by atoms with Crippen molar-refractivity contribution in [1.29, 1.82) is 0 Å². The Balaban J connectivity index is 1.05. The minimum Gasteiger partial charge on any atom is -0.394 e. The highest BCUT2D eigenvalue weighted by Gasteiger charge is 2.61. The van der Waals surface area contributed by atoms with Gasteiger partial charge in [-0.3, -0.25) is 19.2 Å². The van der Waals surface area contributed by atoms with E-state index in [1.807, 2.05) is 6.08 Å². The lowest BCUT2D eigenvalue weighted by Gasteiger charge is -2.52. The van der Waals surface area contributed by atoms with Gasteiger partial charge in [-0.15, -0.1) is 0 Å². The molecule has 7 fully saturated rings. The van der Waals surface area contributed by atoms with Gasteiger partial charge in [0.25, 0.3) is 0 Å². The molecule has 42 heteroatoms. The van der Waals surface area contributed by atoms with E-state index >= 15 is 0 Å². The quantitative estimate of drug-likeness (QED) is 0.0248. The first-order valence-corrected chi connectivity index (χ1v) is 49.5. The predicted octanol–water partition coefficient (Wildman–Crippen LogP) is -1.34. The molecule has 134 heavy (non-hydrogen) atoms. The molecule has 0 radical (unpaired) electrons. The summed E-state index contributed by atoms with van der Waals surface area (Å²) < 4.78 is 85.3. The molecule has 7 aliphatic heterocycles. The summed E-state index contributed by atoms with van der Waals surface area (Å²) in [6.07, 6.45) is -21.2. The maximum Gasteiger partial charge on any atom is 0.220 e. The zero-order valence-corrected chi connectivity index (χ0v) is 78.9. The Hall–Kier alpha value is -3.74. The molecule has 0 aliphatic carbocycles. The number of ether oxygens (including phenoxy) is 14. The van der Waals surface area contributed by atoms with Crippen LogP contribution in [0.4, 0.5) is 0 Å². The van der Waals surface area contributed by atoms with Crippen LogP contribution in [-0.4, -0.2) is 406 Å². The predicted molar refractivity (Wildman–Crippen MR) is 475 cm³/mol. The monoisotopic (exact) mass is 1940 g/mol. The largest absolute Gasteiger partial charge is 0.394 e. The van der Waals surface area contributed by atoms with Crippen LogP contribution in [0.5, 0.6) is 0 Å². The molecule has 0 bridgehead atoms. The Bertz CT molecular complexity index is 3210. The number of aliphatic hydroxyl groups excluding tert-OH is 20. The van der Waals surface area contributed by atoms with Gasteiger partial charge in [0.1, 0.15) is 171 Å². The molecule has 4 amide bonds. The van der Waals surface area contributed by atoms with Crippen molar-refractivity contribution in [2.24, 2.45) is 0 Å². The van der Waals surface area contributed by atoms with E-state index in [9.17, 15) is 121 Å². The fourth-order valence-corrected chi connectivity index (χ4v) is 18.4. The highest BCUT2D eigenvalue weighted by molar-refractivity contribution is 5.76.